The highest BCUT2D eigenvalue weighted by molar-refractivity contribution is 5.95. The zero-order valence-electron chi connectivity index (χ0n) is 17.8. The van der Waals surface area contributed by atoms with Gasteiger partial charge in [0, 0.05) is 36.9 Å². The fraction of sp³-hybridized carbons (Fsp3) is 0.522. The highest BCUT2D eigenvalue weighted by Gasteiger charge is 2.36. The Labute approximate surface area is 177 Å². The fourth-order valence-corrected chi connectivity index (χ4v) is 4.85. The number of benzene rings is 1. The van der Waals surface area contributed by atoms with Gasteiger partial charge >= 0.3 is 0 Å². The number of H-pyrrole nitrogens is 1. The summed E-state index contributed by atoms with van der Waals surface area (Å²) in [5.74, 6) is 1.27. The number of piperidine rings is 2. The summed E-state index contributed by atoms with van der Waals surface area (Å²) >= 11 is 0. The Hall–Kier alpha value is -2.83. The van der Waals surface area contributed by atoms with E-state index in [1.165, 1.54) is 0 Å². The van der Waals surface area contributed by atoms with E-state index < -0.39 is 0 Å². The molecule has 4 rings (SSSR count). The van der Waals surface area contributed by atoms with Crippen LogP contribution >= 0.6 is 0 Å². The monoisotopic (exact) mass is 410 g/mol. The standard InChI is InChI=1S/C23H30N4O3/c1-16-20(15-24-25-16)23(29)26-12-9-17(10-13-26)21-8-3-4-11-27(21)22(28)18-6-5-7-19(14-18)30-2/h5-7,14-15,17,21H,3-4,8-13H2,1-2H3,(H,24,25). The third kappa shape index (κ3) is 4.06. The maximum absolute atomic E-state index is 13.3. The van der Waals surface area contributed by atoms with E-state index in [-0.39, 0.29) is 17.9 Å². The largest absolute Gasteiger partial charge is 0.497 e. The molecule has 0 saturated carbocycles. The minimum absolute atomic E-state index is 0.0488. The first-order valence-electron chi connectivity index (χ1n) is 10.8. The molecule has 30 heavy (non-hydrogen) atoms. The molecule has 0 radical (unpaired) electrons. The number of aromatic nitrogens is 2. The van der Waals surface area contributed by atoms with Crippen LogP contribution in [0.3, 0.4) is 0 Å². The first kappa shape index (κ1) is 20.4. The number of aromatic amines is 1. The number of amides is 2. The van der Waals surface area contributed by atoms with E-state index in [1.807, 2.05) is 36.1 Å². The molecule has 2 aliphatic rings. The molecule has 1 aromatic heterocycles. The molecule has 1 aromatic carbocycles. The summed E-state index contributed by atoms with van der Waals surface area (Å²) < 4.78 is 5.29. The summed E-state index contributed by atoms with van der Waals surface area (Å²) in [6.07, 6.45) is 6.70. The number of rotatable bonds is 4. The molecule has 0 bridgehead atoms. The summed E-state index contributed by atoms with van der Waals surface area (Å²) in [5.41, 5.74) is 2.15. The highest BCUT2D eigenvalue weighted by atomic mass is 16.5. The SMILES string of the molecule is COc1cccc(C(=O)N2CCCCC2C2CCN(C(=O)c3cn[nH]c3C)CC2)c1. The van der Waals surface area contributed by atoms with E-state index in [9.17, 15) is 9.59 Å². The molecular weight excluding hydrogens is 380 g/mol. The van der Waals surface area contributed by atoms with Gasteiger partial charge in [-0.2, -0.15) is 5.10 Å². The number of hydrogen-bond acceptors (Lipinski definition) is 4. The lowest BCUT2D eigenvalue weighted by atomic mass is 9.83. The van der Waals surface area contributed by atoms with Gasteiger partial charge in [0.15, 0.2) is 0 Å². The van der Waals surface area contributed by atoms with Crippen molar-refractivity contribution in [3.05, 3.63) is 47.3 Å². The van der Waals surface area contributed by atoms with Crippen molar-refractivity contribution in [2.24, 2.45) is 5.92 Å². The average Bonchev–Trinajstić information content (AvgIpc) is 3.24. The van der Waals surface area contributed by atoms with Crippen LogP contribution in [0.5, 0.6) is 5.75 Å². The van der Waals surface area contributed by atoms with Gasteiger partial charge in [-0.15, -0.1) is 0 Å². The summed E-state index contributed by atoms with van der Waals surface area (Å²) in [7, 11) is 1.62. The van der Waals surface area contributed by atoms with E-state index in [1.54, 1.807) is 13.3 Å². The lowest BCUT2D eigenvalue weighted by Crippen LogP contribution is -2.51. The number of likely N-dealkylation sites (tertiary alicyclic amines) is 2. The number of ether oxygens (including phenoxy) is 1. The van der Waals surface area contributed by atoms with Gasteiger partial charge in [-0.1, -0.05) is 6.07 Å². The van der Waals surface area contributed by atoms with Crippen LogP contribution in [0.25, 0.3) is 0 Å². The van der Waals surface area contributed by atoms with Gasteiger partial charge in [0.2, 0.25) is 0 Å². The van der Waals surface area contributed by atoms with E-state index in [4.69, 9.17) is 4.74 Å². The van der Waals surface area contributed by atoms with Crippen molar-refractivity contribution < 1.29 is 14.3 Å². The minimum Gasteiger partial charge on any atom is -0.497 e. The Morgan fingerprint density at radius 1 is 1.10 bits per heavy atom. The Balaban J connectivity index is 1.43. The zero-order valence-corrected chi connectivity index (χ0v) is 17.8. The Morgan fingerprint density at radius 3 is 2.60 bits per heavy atom. The lowest BCUT2D eigenvalue weighted by molar-refractivity contribution is 0.0374. The maximum atomic E-state index is 13.3. The van der Waals surface area contributed by atoms with Gasteiger partial charge in [-0.25, -0.2) is 0 Å². The predicted octanol–water partition coefficient (Wildman–Crippen LogP) is 3.27. The van der Waals surface area contributed by atoms with Crippen molar-refractivity contribution in [1.29, 1.82) is 0 Å². The second-order valence-corrected chi connectivity index (χ2v) is 8.33. The molecule has 1 unspecified atom stereocenters. The van der Waals surface area contributed by atoms with Gasteiger partial charge in [-0.3, -0.25) is 14.7 Å². The van der Waals surface area contributed by atoms with Gasteiger partial charge in [0.1, 0.15) is 5.75 Å². The lowest BCUT2D eigenvalue weighted by Gasteiger charge is -2.43. The Morgan fingerprint density at radius 2 is 1.90 bits per heavy atom. The van der Waals surface area contributed by atoms with Crippen LogP contribution in [-0.4, -0.2) is 64.6 Å². The molecule has 0 aliphatic carbocycles. The fourth-order valence-electron chi connectivity index (χ4n) is 4.85. The molecule has 0 spiro atoms. The molecular formula is C23H30N4O3. The van der Waals surface area contributed by atoms with Crippen LogP contribution < -0.4 is 4.74 Å². The molecule has 2 aromatic rings. The zero-order chi connectivity index (χ0) is 21.1. The highest BCUT2D eigenvalue weighted by Crippen LogP contribution is 2.32. The van der Waals surface area contributed by atoms with Crippen molar-refractivity contribution in [2.75, 3.05) is 26.7 Å². The summed E-state index contributed by atoms with van der Waals surface area (Å²) in [6.45, 7) is 4.13. The third-order valence-corrected chi connectivity index (χ3v) is 6.56. The number of carbonyl (C=O) groups is 2. The molecule has 160 valence electrons. The quantitative estimate of drug-likeness (QED) is 0.839. The van der Waals surface area contributed by atoms with Gasteiger partial charge < -0.3 is 14.5 Å². The third-order valence-electron chi connectivity index (χ3n) is 6.56. The Bertz CT molecular complexity index is 901. The molecule has 1 N–H and O–H groups in total. The van der Waals surface area contributed by atoms with Crippen molar-refractivity contribution in [3.63, 3.8) is 0 Å². The van der Waals surface area contributed by atoms with Crippen molar-refractivity contribution in [1.82, 2.24) is 20.0 Å². The first-order chi connectivity index (χ1) is 14.6. The van der Waals surface area contributed by atoms with Crippen LogP contribution in [0.1, 0.15) is 58.5 Å². The van der Waals surface area contributed by atoms with Crippen LogP contribution in [-0.2, 0) is 0 Å². The molecule has 2 saturated heterocycles. The molecule has 2 amide bonds. The summed E-state index contributed by atoms with van der Waals surface area (Å²) in [5, 5.41) is 6.81. The second kappa shape index (κ2) is 8.90. The van der Waals surface area contributed by atoms with Crippen molar-refractivity contribution in [2.45, 2.75) is 45.1 Å². The van der Waals surface area contributed by atoms with Crippen LogP contribution in [0.2, 0.25) is 0 Å². The van der Waals surface area contributed by atoms with Crippen LogP contribution in [0.4, 0.5) is 0 Å². The Kier molecular flexibility index (Phi) is 6.06. The maximum Gasteiger partial charge on any atom is 0.257 e. The number of carbonyl (C=O) groups excluding carboxylic acids is 2. The molecule has 7 heteroatoms. The van der Waals surface area contributed by atoms with Crippen LogP contribution in [0.15, 0.2) is 30.5 Å². The van der Waals surface area contributed by atoms with Crippen molar-refractivity contribution in [3.8, 4) is 5.75 Å². The molecule has 1 atom stereocenters. The molecule has 2 aliphatic heterocycles. The van der Waals surface area contributed by atoms with Gasteiger partial charge in [0.25, 0.3) is 11.8 Å². The number of hydrogen-bond donors (Lipinski definition) is 1. The van der Waals surface area contributed by atoms with Gasteiger partial charge in [-0.05, 0) is 63.1 Å². The van der Waals surface area contributed by atoms with E-state index in [0.717, 1.165) is 57.4 Å². The number of nitrogens with one attached hydrogen (secondary N) is 1. The van der Waals surface area contributed by atoms with Crippen molar-refractivity contribution >= 4 is 11.8 Å². The van der Waals surface area contributed by atoms with E-state index in [2.05, 4.69) is 15.1 Å². The van der Waals surface area contributed by atoms with E-state index >= 15 is 0 Å². The minimum atomic E-state index is 0.0488. The van der Waals surface area contributed by atoms with E-state index in [0.29, 0.717) is 22.8 Å². The first-order valence-corrected chi connectivity index (χ1v) is 10.8. The predicted molar refractivity (Wildman–Crippen MR) is 114 cm³/mol. The number of nitrogens with zero attached hydrogens (tertiary/aromatic N) is 3. The normalized spacial score (nSPS) is 20.3. The molecule has 2 fully saturated rings. The summed E-state index contributed by atoms with van der Waals surface area (Å²) in [4.78, 5) is 30.0. The smallest absolute Gasteiger partial charge is 0.257 e. The summed E-state index contributed by atoms with van der Waals surface area (Å²) in [6, 6.07) is 7.66. The second-order valence-electron chi connectivity index (χ2n) is 8.33. The number of aryl methyl sites for hydroxylation is 1. The molecule has 3 heterocycles. The van der Waals surface area contributed by atoms with Crippen LogP contribution in [0, 0.1) is 12.8 Å². The van der Waals surface area contributed by atoms with Gasteiger partial charge in [0.05, 0.1) is 18.9 Å². The molecule has 7 nitrogen and oxygen atoms in total. The topological polar surface area (TPSA) is 78.5 Å². The number of methoxy groups -OCH3 is 1. The average molecular weight is 411 g/mol.